The van der Waals surface area contributed by atoms with Crippen molar-refractivity contribution in [2.75, 3.05) is 0 Å². The van der Waals surface area contributed by atoms with Crippen molar-refractivity contribution in [3.63, 3.8) is 0 Å². The molecule has 0 spiro atoms. The zero-order chi connectivity index (χ0) is 11.1. The van der Waals surface area contributed by atoms with Crippen molar-refractivity contribution in [3.05, 3.63) is 34.9 Å². The molecule has 0 heterocycles. The normalized spacial score (nSPS) is 20.4. The monoisotopic (exact) mass is 203 g/mol. The zero-order valence-electron chi connectivity index (χ0n) is 10.0. The minimum absolute atomic E-state index is 0.281. The van der Waals surface area contributed by atoms with E-state index in [-0.39, 0.29) is 6.04 Å². The second kappa shape index (κ2) is 3.64. The van der Waals surface area contributed by atoms with Crippen LogP contribution in [0.15, 0.2) is 18.2 Å². The van der Waals surface area contributed by atoms with Gasteiger partial charge in [-0.15, -0.1) is 0 Å². The topological polar surface area (TPSA) is 26.0 Å². The molecule has 0 fully saturated rings. The van der Waals surface area contributed by atoms with Crippen LogP contribution in [0.2, 0.25) is 0 Å². The van der Waals surface area contributed by atoms with Crippen molar-refractivity contribution in [3.8, 4) is 0 Å². The summed E-state index contributed by atoms with van der Waals surface area (Å²) in [5, 5.41) is 0. The first-order chi connectivity index (χ1) is 6.96. The van der Waals surface area contributed by atoms with E-state index in [1.165, 1.54) is 16.7 Å². The Morgan fingerprint density at radius 3 is 2.73 bits per heavy atom. The lowest BCUT2D eigenvalue weighted by molar-refractivity contribution is 0.411. The van der Waals surface area contributed by atoms with Gasteiger partial charge in [-0.2, -0.15) is 0 Å². The summed E-state index contributed by atoms with van der Waals surface area (Å²) in [6.45, 7) is 6.85. The summed E-state index contributed by atoms with van der Waals surface area (Å²) in [7, 11) is 0. The molecule has 0 radical (unpaired) electrons. The minimum atomic E-state index is 0.281. The summed E-state index contributed by atoms with van der Waals surface area (Å²) in [5.74, 6) is 0. The van der Waals surface area contributed by atoms with Crippen molar-refractivity contribution in [1.29, 1.82) is 0 Å². The van der Waals surface area contributed by atoms with Gasteiger partial charge in [0.2, 0.25) is 0 Å². The number of hydrogen-bond donors (Lipinski definition) is 1. The van der Waals surface area contributed by atoms with Gasteiger partial charge >= 0.3 is 0 Å². The highest BCUT2D eigenvalue weighted by Crippen LogP contribution is 2.31. The van der Waals surface area contributed by atoms with E-state index in [1.807, 2.05) is 0 Å². The first-order valence-corrected chi connectivity index (χ1v) is 5.83. The van der Waals surface area contributed by atoms with Crippen LogP contribution in [-0.2, 0) is 12.8 Å². The van der Waals surface area contributed by atoms with Gasteiger partial charge in [-0.1, -0.05) is 39.0 Å². The Kier molecular flexibility index (Phi) is 2.59. The average Bonchev–Trinajstić information content (AvgIpc) is 2.45. The molecular weight excluding hydrogens is 182 g/mol. The van der Waals surface area contributed by atoms with Gasteiger partial charge in [-0.3, -0.25) is 0 Å². The van der Waals surface area contributed by atoms with E-state index >= 15 is 0 Å². The second-order valence-electron chi connectivity index (χ2n) is 5.92. The molecule has 0 amide bonds. The van der Waals surface area contributed by atoms with E-state index in [9.17, 15) is 0 Å². The van der Waals surface area contributed by atoms with Gasteiger partial charge in [-0.05, 0) is 41.4 Å². The van der Waals surface area contributed by atoms with Crippen LogP contribution in [0.3, 0.4) is 0 Å². The maximum absolute atomic E-state index is 6.02. The molecule has 0 saturated carbocycles. The molecule has 0 aliphatic heterocycles. The molecule has 1 aliphatic carbocycles. The predicted octanol–water partition coefficient (Wildman–Crippen LogP) is 3.22. The van der Waals surface area contributed by atoms with Crippen LogP contribution >= 0.6 is 0 Å². The molecule has 1 nitrogen and oxygen atoms in total. The fourth-order valence-electron chi connectivity index (χ4n) is 2.43. The quantitative estimate of drug-likeness (QED) is 0.745. The molecule has 1 unspecified atom stereocenters. The fourth-order valence-corrected chi connectivity index (χ4v) is 2.43. The number of hydrogen-bond acceptors (Lipinski definition) is 1. The molecule has 15 heavy (non-hydrogen) atoms. The summed E-state index contributed by atoms with van der Waals surface area (Å²) < 4.78 is 0. The van der Waals surface area contributed by atoms with Crippen LogP contribution in [-0.4, -0.2) is 0 Å². The Balaban J connectivity index is 2.24. The van der Waals surface area contributed by atoms with Crippen molar-refractivity contribution >= 4 is 0 Å². The number of benzene rings is 1. The Bertz CT molecular complexity index is 360. The van der Waals surface area contributed by atoms with Crippen LogP contribution in [0.4, 0.5) is 0 Å². The third-order valence-corrected chi connectivity index (χ3v) is 3.07. The molecule has 1 heteroatoms. The van der Waals surface area contributed by atoms with Crippen LogP contribution in [0.25, 0.3) is 0 Å². The first-order valence-electron chi connectivity index (χ1n) is 5.83. The molecular formula is C14H21N. The average molecular weight is 203 g/mol. The van der Waals surface area contributed by atoms with E-state index < -0.39 is 0 Å². The predicted molar refractivity (Wildman–Crippen MR) is 64.9 cm³/mol. The minimum Gasteiger partial charge on any atom is -0.324 e. The summed E-state index contributed by atoms with van der Waals surface area (Å²) in [6, 6.07) is 7.11. The largest absolute Gasteiger partial charge is 0.324 e. The maximum Gasteiger partial charge on any atom is 0.0300 e. The highest BCUT2D eigenvalue weighted by atomic mass is 14.6. The van der Waals surface area contributed by atoms with E-state index in [1.54, 1.807) is 0 Å². The summed E-state index contributed by atoms with van der Waals surface area (Å²) in [5.41, 5.74) is 10.7. The molecule has 1 aliphatic rings. The summed E-state index contributed by atoms with van der Waals surface area (Å²) in [6.07, 6.45) is 3.43. The highest BCUT2D eigenvalue weighted by Gasteiger charge is 2.20. The van der Waals surface area contributed by atoms with Gasteiger partial charge in [-0.25, -0.2) is 0 Å². The van der Waals surface area contributed by atoms with Crippen LogP contribution in [0.1, 0.15) is 49.9 Å². The van der Waals surface area contributed by atoms with E-state index in [0.717, 1.165) is 19.3 Å². The van der Waals surface area contributed by atoms with Gasteiger partial charge in [0.1, 0.15) is 0 Å². The second-order valence-corrected chi connectivity index (χ2v) is 5.92. The smallest absolute Gasteiger partial charge is 0.0300 e. The van der Waals surface area contributed by atoms with Crippen LogP contribution in [0, 0.1) is 5.41 Å². The van der Waals surface area contributed by atoms with E-state index in [0.29, 0.717) is 5.41 Å². The third-order valence-electron chi connectivity index (χ3n) is 3.07. The lowest BCUT2D eigenvalue weighted by Crippen LogP contribution is -2.10. The standard InChI is InChI=1S/C14H21N/c1-14(2,3)9-10-4-6-12-11(8-10)5-7-13(12)15/h4,6,8,13H,5,7,9,15H2,1-3H3. The zero-order valence-corrected chi connectivity index (χ0v) is 10.0. The molecule has 0 aromatic heterocycles. The Labute approximate surface area is 92.7 Å². The molecule has 0 bridgehead atoms. The lowest BCUT2D eigenvalue weighted by Gasteiger charge is -2.18. The van der Waals surface area contributed by atoms with Gasteiger partial charge in [0.05, 0.1) is 0 Å². The fraction of sp³-hybridized carbons (Fsp3) is 0.571. The SMILES string of the molecule is CC(C)(C)Cc1ccc2c(c1)CCC2N. The lowest BCUT2D eigenvalue weighted by atomic mass is 9.87. The number of rotatable bonds is 1. The summed E-state index contributed by atoms with van der Waals surface area (Å²) in [4.78, 5) is 0. The summed E-state index contributed by atoms with van der Waals surface area (Å²) >= 11 is 0. The molecule has 82 valence electrons. The first kappa shape index (κ1) is 10.7. The Morgan fingerprint density at radius 2 is 2.07 bits per heavy atom. The molecule has 1 aromatic carbocycles. The highest BCUT2D eigenvalue weighted by molar-refractivity contribution is 5.38. The van der Waals surface area contributed by atoms with Crippen molar-refractivity contribution in [2.45, 2.75) is 46.1 Å². The van der Waals surface area contributed by atoms with Gasteiger partial charge in [0, 0.05) is 6.04 Å². The number of nitrogens with two attached hydrogens (primary N) is 1. The molecule has 2 N–H and O–H groups in total. The number of fused-ring (bicyclic) bond motifs is 1. The van der Waals surface area contributed by atoms with E-state index in [2.05, 4.69) is 39.0 Å². The maximum atomic E-state index is 6.02. The van der Waals surface area contributed by atoms with E-state index in [4.69, 9.17) is 5.73 Å². The Morgan fingerprint density at radius 1 is 1.33 bits per heavy atom. The van der Waals surface area contributed by atoms with Gasteiger partial charge in [0.15, 0.2) is 0 Å². The van der Waals surface area contributed by atoms with Crippen molar-refractivity contribution in [2.24, 2.45) is 11.1 Å². The molecule has 1 atom stereocenters. The van der Waals surface area contributed by atoms with Crippen molar-refractivity contribution in [1.82, 2.24) is 0 Å². The van der Waals surface area contributed by atoms with Crippen molar-refractivity contribution < 1.29 is 0 Å². The van der Waals surface area contributed by atoms with Crippen LogP contribution < -0.4 is 5.73 Å². The Hall–Kier alpha value is -0.820. The van der Waals surface area contributed by atoms with Gasteiger partial charge in [0.25, 0.3) is 0 Å². The van der Waals surface area contributed by atoms with Crippen LogP contribution in [0.5, 0.6) is 0 Å². The third kappa shape index (κ3) is 2.40. The molecule has 1 aromatic rings. The number of aryl methyl sites for hydroxylation is 1. The molecule has 0 saturated heterocycles. The van der Waals surface area contributed by atoms with Gasteiger partial charge < -0.3 is 5.73 Å². The molecule has 2 rings (SSSR count).